The van der Waals surface area contributed by atoms with Crippen molar-refractivity contribution in [3.63, 3.8) is 0 Å². The molecule has 3 rings (SSSR count). The van der Waals surface area contributed by atoms with E-state index in [2.05, 4.69) is 55.6 Å². The van der Waals surface area contributed by atoms with Gasteiger partial charge in [-0.15, -0.1) is 0 Å². The van der Waals surface area contributed by atoms with E-state index >= 15 is 0 Å². The van der Waals surface area contributed by atoms with E-state index < -0.39 is 0 Å². The zero-order chi connectivity index (χ0) is 14.8. The molecule has 2 aromatic rings. The molecule has 21 heavy (non-hydrogen) atoms. The molecule has 0 saturated heterocycles. The fourth-order valence-electron chi connectivity index (χ4n) is 3.10. The van der Waals surface area contributed by atoms with Crippen LogP contribution in [0.3, 0.4) is 0 Å². The highest BCUT2D eigenvalue weighted by atomic mass is 16.5. The van der Waals surface area contributed by atoms with E-state index in [-0.39, 0.29) is 0 Å². The van der Waals surface area contributed by atoms with Gasteiger partial charge in [0.15, 0.2) is 0 Å². The first kappa shape index (κ1) is 14.2. The molecule has 1 atom stereocenters. The van der Waals surface area contributed by atoms with Crippen molar-refractivity contribution in [1.29, 1.82) is 0 Å². The number of benzene rings is 2. The topological polar surface area (TPSA) is 21.3 Å². The minimum atomic E-state index is 0.507. The smallest absolute Gasteiger partial charge is 0.120 e. The molecule has 2 nitrogen and oxygen atoms in total. The lowest BCUT2D eigenvalue weighted by molar-refractivity contribution is 0.305. The second-order valence-corrected chi connectivity index (χ2v) is 5.96. The van der Waals surface area contributed by atoms with Crippen LogP contribution in [-0.4, -0.2) is 7.05 Å². The summed E-state index contributed by atoms with van der Waals surface area (Å²) in [7, 11) is 2.03. The summed E-state index contributed by atoms with van der Waals surface area (Å²) >= 11 is 0. The van der Waals surface area contributed by atoms with E-state index in [9.17, 15) is 0 Å². The van der Waals surface area contributed by atoms with Crippen molar-refractivity contribution in [2.45, 2.75) is 39.3 Å². The lowest BCUT2D eigenvalue weighted by atomic mass is 10.1. The van der Waals surface area contributed by atoms with Crippen LogP contribution < -0.4 is 10.1 Å². The van der Waals surface area contributed by atoms with Gasteiger partial charge in [-0.05, 0) is 68.1 Å². The third kappa shape index (κ3) is 2.96. The standard InChI is InChI=1S/C19H23NO/c1-13-4-5-14(2)16(10-13)12-21-17-7-8-18-15(11-17)6-9-19(18)20-3/h4-5,7-8,10-11,19-20H,6,9,12H2,1-3H3. The Bertz CT molecular complexity index is 648. The van der Waals surface area contributed by atoms with Crippen molar-refractivity contribution in [3.8, 4) is 5.75 Å². The fraction of sp³-hybridized carbons (Fsp3) is 0.368. The predicted octanol–water partition coefficient (Wildman–Crippen LogP) is 4.09. The Morgan fingerprint density at radius 2 is 2.00 bits per heavy atom. The van der Waals surface area contributed by atoms with Gasteiger partial charge in [0.1, 0.15) is 12.4 Å². The zero-order valence-electron chi connectivity index (χ0n) is 13.1. The number of ether oxygens (including phenoxy) is 1. The van der Waals surface area contributed by atoms with E-state index in [1.54, 1.807) is 0 Å². The molecule has 0 radical (unpaired) electrons. The van der Waals surface area contributed by atoms with Crippen LogP contribution in [0.1, 0.15) is 40.3 Å². The van der Waals surface area contributed by atoms with Crippen LogP contribution in [0.4, 0.5) is 0 Å². The van der Waals surface area contributed by atoms with Crippen molar-refractivity contribution in [2.24, 2.45) is 0 Å². The Hall–Kier alpha value is -1.80. The number of aryl methyl sites for hydroxylation is 3. The monoisotopic (exact) mass is 281 g/mol. The highest BCUT2D eigenvalue weighted by molar-refractivity contribution is 5.41. The summed E-state index contributed by atoms with van der Waals surface area (Å²) in [5.74, 6) is 0.978. The molecule has 0 saturated carbocycles. The molecule has 0 spiro atoms. The van der Waals surface area contributed by atoms with Gasteiger partial charge in [0, 0.05) is 6.04 Å². The van der Waals surface area contributed by atoms with Crippen molar-refractivity contribution < 1.29 is 4.74 Å². The minimum Gasteiger partial charge on any atom is -0.489 e. The Labute approximate surface area is 127 Å². The van der Waals surface area contributed by atoms with E-state index in [0.717, 1.165) is 12.2 Å². The van der Waals surface area contributed by atoms with E-state index in [0.29, 0.717) is 12.6 Å². The highest BCUT2D eigenvalue weighted by Gasteiger charge is 2.21. The second kappa shape index (κ2) is 5.90. The average molecular weight is 281 g/mol. The Kier molecular flexibility index (Phi) is 3.98. The largest absolute Gasteiger partial charge is 0.489 e. The quantitative estimate of drug-likeness (QED) is 0.911. The Morgan fingerprint density at radius 3 is 2.81 bits per heavy atom. The van der Waals surface area contributed by atoms with Gasteiger partial charge in [-0.3, -0.25) is 0 Å². The van der Waals surface area contributed by atoms with Gasteiger partial charge >= 0.3 is 0 Å². The average Bonchev–Trinajstić information content (AvgIpc) is 2.90. The van der Waals surface area contributed by atoms with Crippen LogP contribution in [0.15, 0.2) is 36.4 Å². The number of hydrogen-bond donors (Lipinski definition) is 1. The molecule has 1 aliphatic carbocycles. The van der Waals surface area contributed by atoms with Gasteiger partial charge in [-0.1, -0.05) is 29.8 Å². The van der Waals surface area contributed by atoms with Gasteiger partial charge in [0.05, 0.1) is 0 Å². The lowest BCUT2D eigenvalue weighted by Gasteiger charge is -2.12. The lowest BCUT2D eigenvalue weighted by Crippen LogP contribution is -2.12. The third-order valence-electron chi connectivity index (χ3n) is 4.44. The molecule has 0 amide bonds. The molecular weight excluding hydrogens is 258 g/mol. The SMILES string of the molecule is CNC1CCc2cc(OCc3cc(C)ccc3C)ccc21. The highest BCUT2D eigenvalue weighted by Crippen LogP contribution is 2.33. The molecular formula is C19H23NO. The Balaban J connectivity index is 1.73. The van der Waals surface area contributed by atoms with Crippen molar-refractivity contribution in [1.82, 2.24) is 5.32 Å². The molecule has 0 aromatic heterocycles. The molecule has 0 bridgehead atoms. The first-order valence-corrected chi connectivity index (χ1v) is 7.66. The van der Waals surface area contributed by atoms with Crippen LogP contribution in [0.2, 0.25) is 0 Å². The van der Waals surface area contributed by atoms with E-state index in [1.807, 2.05) is 7.05 Å². The maximum atomic E-state index is 6.00. The normalized spacial score (nSPS) is 16.8. The number of rotatable bonds is 4. The summed E-state index contributed by atoms with van der Waals surface area (Å²) in [6, 6.07) is 13.5. The van der Waals surface area contributed by atoms with Crippen LogP contribution in [0.25, 0.3) is 0 Å². The van der Waals surface area contributed by atoms with Gasteiger partial charge in [-0.2, -0.15) is 0 Å². The zero-order valence-corrected chi connectivity index (χ0v) is 13.1. The molecule has 2 heteroatoms. The van der Waals surface area contributed by atoms with Gasteiger partial charge in [0.25, 0.3) is 0 Å². The van der Waals surface area contributed by atoms with Crippen molar-refractivity contribution in [3.05, 3.63) is 64.2 Å². The summed E-state index contributed by atoms with van der Waals surface area (Å²) in [6.07, 6.45) is 2.33. The molecule has 1 aliphatic rings. The molecule has 0 heterocycles. The molecule has 0 fully saturated rings. The summed E-state index contributed by atoms with van der Waals surface area (Å²) in [4.78, 5) is 0. The van der Waals surface area contributed by atoms with E-state index in [4.69, 9.17) is 4.74 Å². The predicted molar refractivity (Wildman–Crippen MR) is 86.8 cm³/mol. The molecule has 1 N–H and O–H groups in total. The molecule has 0 aliphatic heterocycles. The van der Waals surface area contributed by atoms with E-state index in [1.165, 1.54) is 34.2 Å². The molecule has 1 unspecified atom stereocenters. The third-order valence-corrected chi connectivity index (χ3v) is 4.44. The number of nitrogens with one attached hydrogen (secondary N) is 1. The maximum absolute atomic E-state index is 6.00. The summed E-state index contributed by atoms with van der Waals surface area (Å²) in [5.41, 5.74) is 6.69. The number of hydrogen-bond acceptors (Lipinski definition) is 2. The van der Waals surface area contributed by atoms with Crippen LogP contribution in [0, 0.1) is 13.8 Å². The summed E-state index contributed by atoms with van der Waals surface area (Å²) < 4.78 is 6.00. The second-order valence-electron chi connectivity index (χ2n) is 5.96. The number of fused-ring (bicyclic) bond motifs is 1. The Morgan fingerprint density at radius 1 is 1.14 bits per heavy atom. The maximum Gasteiger partial charge on any atom is 0.120 e. The van der Waals surface area contributed by atoms with Crippen LogP contribution >= 0.6 is 0 Å². The van der Waals surface area contributed by atoms with Gasteiger partial charge in [-0.25, -0.2) is 0 Å². The first-order valence-electron chi connectivity index (χ1n) is 7.66. The molecule has 110 valence electrons. The minimum absolute atomic E-state index is 0.507. The fourth-order valence-corrected chi connectivity index (χ4v) is 3.10. The molecule has 2 aromatic carbocycles. The summed E-state index contributed by atoms with van der Waals surface area (Å²) in [6.45, 7) is 4.90. The van der Waals surface area contributed by atoms with Crippen molar-refractivity contribution in [2.75, 3.05) is 7.05 Å². The summed E-state index contributed by atoms with van der Waals surface area (Å²) in [5, 5.41) is 3.37. The first-order chi connectivity index (χ1) is 10.2. The van der Waals surface area contributed by atoms with Crippen molar-refractivity contribution >= 4 is 0 Å². The van der Waals surface area contributed by atoms with Crippen LogP contribution in [0.5, 0.6) is 5.75 Å². The van der Waals surface area contributed by atoms with Gasteiger partial charge < -0.3 is 10.1 Å². The van der Waals surface area contributed by atoms with Gasteiger partial charge in [0.2, 0.25) is 0 Å². The van der Waals surface area contributed by atoms with Crippen LogP contribution in [-0.2, 0) is 13.0 Å².